The molecule has 3 aromatic rings. The second kappa shape index (κ2) is 11.8. The quantitative estimate of drug-likeness (QED) is 0.343. The smallest absolute Gasteiger partial charge is 0.308 e. The van der Waals surface area contributed by atoms with Crippen molar-refractivity contribution in [1.29, 1.82) is 0 Å². The van der Waals surface area contributed by atoms with Crippen LogP contribution in [0.2, 0.25) is 0 Å². The molecule has 1 aliphatic heterocycles. The Kier molecular flexibility index (Phi) is 8.31. The van der Waals surface area contributed by atoms with E-state index in [9.17, 15) is 9.90 Å². The number of aromatic nitrogens is 1. The number of likely N-dealkylation sites (tertiary alicyclic amines) is 1. The number of carboxylic acid groups (broad SMARTS) is 1. The third-order valence-electron chi connectivity index (χ3n) is 6.67. The maximum Gasteiger partial charge on any atom is 0.308 e. The van der Waals surface area contributed by atoms with Gasteiger partial charge in [-0.05, 0) is 69.0 Å². The van der Waals surface area contributed by atoms with Crippen LogP contribution >= 0.6 is 0 Å². The van der Waals surface area contributed by atoms with Crippen LogP contribution in [-0.4, -0.2) is 47.3 Å². The first-order valence-electron chi connectivity index (χ1n) is 12.5. The number of hydrogen-bond acceptors (Lipinski definition) is 6. The molecule has 0 unspecified atom stereocenters. The number of rotatable bonds is 12. The Balaban J connectivity index is 1.26. The number of aryl methyl sites for hydroxylation is 2. The van der Waals surface area contributed by atoms with Gasteiger partial charge in [0.15, 0.2) is 5.88 Å². The molecule has 7 nitrogen and oxygen atoms in total. The lowest BCUT2D eigenvalue weighted by molar-refractivity contribution is -0.142. The van der Waals surface area contributed by atoms with Crippen molar-refractivity contribution in [2.75, 3.05) is 26.3 Å². The summed E-state index contributed by atoms with van der Waals surface area (Å²) in [6, 6.07) is 17.9. The highest BCUT2D eigenvalue weighted by atomic mass is 16.5. The molecule has 190 valence electrons. The number of hydrogen-bond donors (Lipinski definition) is 1. The first kappa shape index (κ1) is 25.4. The van der Waals surface area contributed by atoms with E-state index >= 15 is 0 Å². The number of ether oxygens (including phenoxy) is 2. The summed E-state index contributed by atoms with van der Waals surface area (Å²) >= 11 is 0. The van der Waals surface area contributed by atoms with Gasteiger partial charge in [-0.1, -0.05) is 30.3 Å². The Morgan fingerprint density at radius 1 is 1.14 bits per heavy atom. The van der Waals surface area contributed by atoms with Gasteiger partial charge in [0.2, 0.25) is 5.89 Å². The summed E-state index contributed by atoms with van der Waals surface area (Å²) in [4.78, 5) is 18.3. The third kappa shape index (κ3) is 6.27. The van der Waals surface area contributed by atoms with Gasteiger partial charge in [0.25, 0.3) is 0 Å². The van der Waals surface area contributed by atoms with Crippen molar-refractivity contribution in [3.8, 4) is 17.2 Å². The van der Waals surface area contributed by atoms with Crippen LogP contribution in [0.25, 0.3) is 11.5 Å². The van der Waals surface area contributed by atoms with Crippen LogP contribution < -0.4 is 4.74 Å². The first-order chi connectivity index (χ1) is 17.4. The second-order valence-electron chi connectivity index (χ2n) is 9.11. The minimum absolute atomic E-state index is 0.0575. The zero-order chi connectivity index (χ0) is 25.5. The van der Waals surface area contributed by atoms with E-state index in [0.29, 0.717) is 44.5 Å². The van der Waals surface area contributed by atoms with Gasteiger partial charge in [-0.15, -0.1) is 0 Å². The minimum atomic E-state index is -0.756. The maximum absolute atomic E-state index is 11.8. The molecule has 1 fully saturated rings. The molecule has 1 aliphatic rings. The molecule has 1 saturated heterocycles. The van der Waals surface area contributed by atoms with E-state index in [1.165, 1.54) is 0 Å². The molecule has 0 radical (unpaired) electrons. The lowest BCUT2D eigenvalue weighted by Crippen LogP contribution is -2.24. The van der Waals surface area contributed by atoms with Gasteiger partial charge in [-0.2, -0.15) is 0 Å². The average molecular weight is 491 g/mol. The van der Waals surface area contributed by atoms with E-state index in [-0.39, 0.29) is 5.92 Å². The monoisotopic (exact) mass is 490 g/mol. The van der Waals surface area contributed by atoms with Crippen LogP contribution in [0.1, 0.15) is 30.4 Å². The highest BCUT2D eigenvalue weighted by molar-refractivity contribution is 5.71. The second-order valence-corrected chi connectivity index (χ2v) is 9.11. The van der Waals surface area contributed by atoms with Crippen molar-refractivity contribution in [2.24, 2.45) is 11.8 Å². The number of carboxylic acids is 1. The van der Waals surface area contributed by atoms with E-state index in [1.54, 1.807) is 0 Å². The summed E-state index contributed by atoms with van der Waals surface area (Å²) in [7, 11) is 0. The lowest BCUT2D eigenvalue weighted by Gasteiger charge is -2.20. The molecule has 0 saturated carbocycles. The molecule has 0 amide bonds. The summed E-state index contributed by atoms with van der Waals surface area (Å²) in [5.41, 5.74) is 3.02. The van der Waals surface area contributed by atoms with Crippen LogP contribution in [0, 0.1) is 18.8 Å². The van der Waals surface area contributed by atoms with E-state index < -0.39 is 11.9 Å². The van der Waals surface area contributed by atoms with Gasteiger partial charge in [0, 0.05) is 25.1 Å². The summed E-state index contributed by atoms with van der Waals surface area (Å²) in [6.45, 7) is 9.89. The Hall–Kier alpha value is -3.74. The zero-order valence-corrected chi connectivity index (χ0v) is 21.0. The average Bonchev–Trinajstić information content (AvgIpc) is 3.48. The van der Waals surface area contributed by atoms with Gasteiger partial charge in [0.1, 0.15) is 11.5 Å². The number of oxazole rings is 1. The zero-order valence-electron chi connectivity index (χ0n) is 21.0. The van der Waals surface area contributed by atoms with Gasteiger partial charge >= 0.3 is 5.97 Å². The van der Waals surface area contributed by atoms with Crippen molar-refractivity contribution < 1.29 is 23.8 Å². The van der Waals surface area contributed by atoms with Crippen molar-refractivity contribution in [1.82, 2.24) is 9.88 Å². The largest absolute Gasteiger partial charge is 0.493 e. The van der Waals surface area contributed by atoms with Crippen LogP contribution in [0.15, 0.2) is 71.5 Å². The molecule has 2 aromatic carbocycles. The topological polar surface area (TPSA) is 85.0 Å². The Morgan fingerprint density at radius 2 is 1.89 bits per heavy atom. The Bertz CT molecular complexity index is 1160. The lowest BCUT2D eigenvalue weighted by atomic mass is 9.90. The molecular formula is C29H34N2O5. The summed E-state index contributed by atoms with van der Waals surface area (Å²) in [5, 5.41) is 9.66. The van der Waals surface area contributed by atoms with Crippen LogP contribution in [0.3, 0.4) is 0 Å². The fourth-order valence-electron chi connectivity index (χ4n) is 4.64. The number of benzene rings is 2. The van der Waals surface area contributed by atoms with E-state index in [4.69, 9.17) is 13.9 Å². The van der Waals surface area contributed by atoms with Gasteiger partial charge in [0.05, 0.1) is 24.8 Å². The molecule has 7 heteroatoms. The van der Waals surface area contributed by atoms with Crippen molar-refractivity contribution >= 4 is 5.97 Å². The van der Waals surface area contributed by atoms with Crippen LogP contribution in [0.5, 0.6) is 5.75 Å². The van der Waals surface area contributed by atoms with E-state index in [2.05, 4.69) is 11.6 Å². The third-order valence-corrected chi connectivity index (χ3v) is 6.67. The Labute approximate surface area is 212 Å². The highest BCUT2D eigenvalue weighted by Crippen LogP contribution is 2.30. The predicted molar refractivity (Wildman–Crippen MR) is 138 cm³/mol. The maximum atomic E-state index is 11.8. The SMILES string of the molecule is C=C(OCC)N1C[C@@H](CCc2ccc(OCCc3nc(-c4ccccc4)oc3C)cc2)[C@@H](C(=O)O)C1. The molecule has 1 aromatic heterocycles. The fourth-order valence-corrected chi connectivity index (χ4v) is 4.64. The normalized spacial score (nSPS) is 17.2. The minimum Gasteiger partial charge on any atom is -0.493 e. The van der Waals surface area contributed by atoms with E-state index in [0.717, 1.165) is 41.2 Å². The van der Waals surface area contributed by atoms with Gasteiger partial charge in [-0.25, -0.2) is 4.98 Å². The van der Waals surface area contributed by atoms with Crippen molar-refractivity contribution in [3.05, 3.63) is 84.1 Å². The predicted octanol–water partition coefficient (Wildman–Crippen LogP) is 5.34. The van der Waals surface area contributed by atoms with Gasteiger partial charge < -0.3 is 23.9 Å². The number of aliphatic carboxylic acids is 1. The standard InChI is InChI=1S/C29H34N2O5/c1-4-34-21(3)31-18-24(26(19-31)29(32)33)13-10-22-11-14-25(15-12-22)35-17-16-27-20(2)36-28(30-27)23-8-6-5-7-9-23/h5-9,11-12,14-15,24,26H,3-4,10,13,16-19H2,1-2H3,(H,32,33)/t24-,26+/m1/s1. The molecule has 4 rings (SSSR count). The summed E-state index contributed by atoms with van der Waals surface area (Å²) in [6.07, 6.45) is 2.26. The molecule has 36 heavy (non-hydrogen) atoms. The molecule has 2 heterocycles. The molecule has 2 atom stereocenters. The summed E-state index contributed by atoms with van der Waals surface area (Å²) < 4.78 is 17.2. The van der Waals surface area contributed by atoms with Crippen molar-refractivity contribution in [2.45, 2.75) is 33.1 Å². The fraction of sp³-hybridized carbons (Fsp3) is 0.379. The molecule has 0 aliphatic carbocycles. The van der Waals surface area contributed by atoms with Crippen molar-refractivity contribution in [3.63, 3.8) is 0 Å². The number of carbonyl (C=O) groups is 1. The summed E-state index contributed by atoms with van der Waals surface area (Å²) in [5.74, 6) is 1.69. The first-order valence-corrected chi connectivity index (χ1v) is 12.5. The van der Waals surface area contributed by atoms with Gasteiger partial charge in [-0.3, -0.25) is 4.79 Å². The molecule has 0 bridgehead atoms. The molecule has 1 N–H and O–H groups in total. The number of nitrogens with zero attached hydrogens (tertiary/aromatic N) is 2. The van der Waals surface area contributed by atoms with Crippen LogP contribution in [-0.2, 0) is 22.4 Å². The highest BCUT2D eigenvalue weighted by Gasteiger charge is 2.38. The van der Waals surface area contributed by atoms with E-state index in [1.807, 2.05) is 73.3 Å². The Morgan fingerprint density at radius 3 is 2.58 bits per heavy atom. The van der Waals surface area contributed by atoms with Crippen LogP contribution in [0.4, 0.5) is 0 Å². The molecular weight excluding hydrogens is 456 g/mol. The molecule has 0 spiro atoms.